The molecular weight excluding hydrogens is 226 g/mol. The monoisotopic (exact) mass is 255 g/mol. The third-order valence-electron chi connectivity index (χ3n) is 4.47. The molecule has 1 aliphatic heterocycles. The molecule has 1 atom stereocenters. The van der Waals surface area contributed by atoms with Crippen LogP contribution in [0.1, 0.15) is 57.8 Å². The molecule has 0 aromatic carbocycles. The maximum Gasteiger partial charge on any atom is 0.0687 e. The first-order valence-electron chi connectivity index (χ1n) is 7.72. The molecule has 1 saturated carbocycles. The highest BCUT2D eigenvalue weighted by molar-refractivity contribution is 4.92. The Hall–Kier alpha value is -0.120. The summed E-state index contributed by atoms with van der Waals surface area (Å²) in [7, 11) is 1.75. The zero-order chi connectivity index (χ0) is 12.7. The van der Waals surface area contributed by atoms with Crippen molar-refractivity contribution in [3.8, 4) is 0 Å². The summed E-state index contributed by atoms with van der Waals surface area (Å²) in [4.78, 5) is 0. The van der Waals surface area contributed by atoms with E-state index in [1.807, 2.05) is 0 Å². The van der Waals surface area contributed by atoms with Crippen LogP contribution in [0.15, 0.2) is 0 Å². The molecule has 3 nitrogen and oxygen atoms in total. The normalized spacial score (nSPS) is 26.2. The molecular formula is C15H29NO2. The summed E-state index contributed by atoms with van der Waals surface area (Å²) in [6.45, 7) is 2.90. The largest absolute Gasteiger partial charge is 0.383 e. The van der Waals surface area contributed by atoms with E-state index in [-0.39, 0.29) is 0 Å². The lowest BCUT2D eigenvalue weighted by Crippen LogP contribution is -2.25. The van der Waals surface area contributed by atoms with Crippen molar-refractivity contribution in [3.63, 3.8) is 0 Å². The topological polar surface area (TPSA) is 30.5 Å². The van der Waals surface area contributed by atoms with E-state index in [4.69, 9.17) is 9.47 Å². The van der Waals surface area contributed by atoms with Gasteiger partial charge in [-0.25, -0.2) is 0 Å². The third-order valence-corrected chi connectivity index (χ3v) is 4.47. The summed E-state index contributed by atoms with van der Waals surface area (Å²) in [5.74, 6) is 0. The van der Waals surface area contributed by atoms with Crippen molar-refractivity contribution in [2.24, 2.45) is 0 Å². The Bertz CT molecular complexity index is 227. The van der Waals surface area contributed by atoms with E-state index in [1.165, 1.54) is 57.8 Å². The van der Waals surface area contributed by atoms with Gasteiger partial charge in [0.15, 0.2) is 0 Å². The minimum absolute atomic E-state index is 0.321. The van der Waals surface area contributed by atoms with Crippen LogP contribution in [0.3, 0.4) is 0 Å². The fourth-order valence-corrected chi connectivity index (χ4v) is 3.41. The second-order valence-electron chi connectivity index (χ2n) is 5.91. The average molecular weight is 255 g/mol. The number of unbranched alkanes of at least 4 members (excludes halogenated alkanes) is 1. The molecule has 1 spiro atoms. The first-order chi connectivity index (χ1) is 8.85. The Labute approximate surface area is 112 Å². The van der Waals surface area contributed by atoms with Gasteiger partial charge in [0, 0.05) is 13.7 Å². The van der Waals surface area contributed by atoms with Crippen molar-refractivity contribution in [1.82, 2.24) is 5.32 Å². The number of nitrogens with one attached hydrogen (secondary N) is 1. The van der Waals surface area contributed by atoms with Crippen molar-refractivity contribution in [1.29, 1.82) is 0 Å². The van der Waals surface area contributed by atoms with Crippen LogP contribution < -0.4 is 5.32 Å². The van der Waals surface area contributed by atoms with Crippen molar-refractivity contribution in [3.05, 3.63) is 0 Å². The highest BCUT2D eigenvalue weighted by atomic mass is 16.5. The lowest BCUT2D eigenvalue weighted by Gasteiger charge is -2.23. The van der Waals surface area contributed by atoms with Crippen LogP contribution in [0.5, 0.6) is 0 Å². The van der Waals surface area contributed by atoms with E-state index in [0.717, 1.165) is 19.7 Å². The van der Waals surface area contributed by atoms with Crippen LogP contribution >= 0.6 is 0 Å². The first-order valence-corrected chi connectivity index (χ1v) is 7.72. The molecule has 1 unspecified atom stereocenters. The van der Waals surface area contributed by atoms with E-state index in [2.05, 4.69) is 5.32 Å². The van der Waals surface area contributed by atoms with Gasteiger partial charge in [0.2, 0.25) is 0 Å². The fourth-order valence-electron chi connectivity index (χ4n) is 3.41. The Morgan fingerprint density at radius 3 is 2.78 bits per heavy atom. The van der Waals surface area contributed by atoms with E-state index in [9.17, 15) is 0 Å². The maximum absolute atomic E-state index is 6.31. The number of hydrogen-bond donors (Lipinski definition) is 1. The highest BCUT2D eigenvalue weighted by Crippen LogP contribution is 2.44. The SMILES string of the molecule is COCCNCCCCC1CCC2(CCCC2)O1. The Kier molecular flexibility index (Phi) is 5.93. The lowest BCUT2D eigenvalue weighted by atomic mass is 9.98. The van der Waals surface area contributed by atoms with Gasteiger partial charge in [0.05, 0.1) is 18.3 Å². The van der Waals surface area contributed by atoms with Crippen LogP contribution in [0.25, 0.3) is 0 Å². The molecule has 0 radical (unpaired) electrons. The molecule has 18 heavy (non-hydrogen) atoms. The number of ether oxygens (including phenoxy) is 2. The number of hydrogen-bond acceptors (Lipinski definition) is 3. The maximum atomic E-state index is 6.31. The molecule has 0 aromatic rings. The molecule has 1 saturated heterocycles. The van der Waals surface area contributed by atoms with Gasteiger partial charge in [-0.3, -0.25) is 0 Å². The van der Waals surface area contributed by atoms with Gasteiger partial charge < -0.3 is 14.8 Å². The number of rotatable bonds is 8. The molecule has 0 aromatic heterocycles. The molecule has 2 fully saturated rings. The molecule has 0 bridgehead atoms. The summed E-state index contributed by atoms with van der Waals surface area (Å²) in [5.41, 5.74) is 0.321. The standard InChI is InChI=1S/C15H29NO2/c1-17-13-12-16-11-5-2-6-14-7-10-15(18-14)8-3-4-9-15/h14,16H,2-13H2,1H3. The van der Waals surface area contributed by atoms with Crippen LogP contribution in [-0.4, -0.2) is 38.5 Å². The quantitative estimate of drug-likeness (QED) is 0.677. The fraction of sp³-hybridized carbons (Fsp3) is 1.00. The second kappa shape index (κ2) is 7.46. The predicted octanol–water partition coefficient (Wildman–Crippen LogP) is 2.88. The van der Waals surface area contributed by atoms with Crippen LogP contribution in [0.4, 0.5) is 0 Å². The number of methoxy groups -OCH3 is 1. The average Bonchev–Trinajstić information content (AvgIpc) is 3.00. The minimum Gasteiger partial charge on any atom is -0.383 e. The molecule has 0 amide bonds. The highest BCUT2D eigenvalue weighted by Gasteiger charge is 2.41. The summed E-state index contributed by atoms with van der Waals surface area (Å²) < 4.78 is 11.3. The molecule has 1 heterocycles. The summed E-state index contributed by atoms with van der Waals surface area (Å²) in [5, 5.41) is 3.39. The molecule has 106 valence electrons. The zero-order valence-electron chi connectivity index (χ0n) is 11.9. The second-order valence-corrected chi connectivity index (χ2v) is 5.91. The minimum atomic E-state index is 0.321. The molecule has 3 heteroatoms. The van der Waals surface area contributed by atoms with Crippen molar-refractivity contribution < 1.29 is 9.47 Å². The van der Waals surface area contributed by atoms with Crippen molar-refractivity contribution >= 4 is 0 Å². The molecule has 1 N–H and O–H groups in total. The van der Waals surface area contributed by atoms with E-state index in [1.54, 1.807) is 7.11 Å². The lowest BCUT2D eigenvalue weighted by molar-refractivity contribution is -0.0394. The van der Waals surface area contributed by atoms with Crippen molar-refractivity contribution in [2.75, 3.05) is 26.8 Å². The Morgan fingerprint density at radius 2 is 2.00 bits per heavy atom. The van der Waals surface area contributed by atoms with Gasteiger partial charge in [0.25, 0.3) is 0 Å². The summed E-state index contributed by atoms with van der Waals surface area (Å²) >= 11 is 0. The van der Waals surface area contributed by atoms with E-state index < -0.39 is 0 Å². The summed E-state index contributed by atoms with van der Waals surface area (Å²) in [6.07, 6.45) is 12.4. The Balaban J connectivity index is 1.48. The van der Waals surface area contributed by atoms with Crippen molar-refractivity contribution in [2.45, 2.75) is 69.5 Å². The molecule has 2 rings (SSSR count). The van der Waals surface area contributed by atoms with Gasteiger partial charge in [-0.2, -0.15) is 0 Å². The third kappa shape index (κ3) is 4.22. The van der Waals surface area contributed by atoms with Gasteiger partial charge >= 0.3 is 0 Å². The predicted molar refractivity (Wildman–Crippen MR) is 73.9 cm³/mol. The van der Waals surface area contributed by atoms with E-state index >= 15 is 0 Å². The van der Waals surface area contributed by atoms with Gasteiger partial charge in [-0.15, -0.1) is 0 Å². The molecule has 1 aliphatic carbocycles. The smallest absolute Gasteiger partial charge is 0.0687 e. The zero-order valence-corrected chi connectivity index (χ0v) is 11.9. The first kappa shape index (κ1) is 14.3. The van der Waals surface area contributed by atoms with Gasteiger partial charge in [-0.1, -0.05) is 12.8 Å². The molecule has 2 aliphatic rings. The van der Waals surface area contributed by atoms with E-state index in [0.29, 0.717) is 11.7 Å². The van der Waals surface area contributed by atoms with Crippen LogP contribution in [-0.2, 0) is 9.47 Å². The van der Waals surface area contributed by atoms with Gasteiger partial charge in [0.1, 0.15) is 0 Å². The van der Waals surface area contributed by atoms with Gasteiger partial charge in [-0.05, 0) is 51.5 Å². The van der Waals surface area contributed by atoms with Crippen LogP contribution in [0, 0.1) is 0 Å². The summed E-state index contributed by atoms with van der Waals surface area (Å²) in [6, 6.07) is 0. The van der Waals surface area contributed by atoms with Crippen LogP contribution in [0.2, 0.25) is 0 Å². The Morgan fingerprint density at radius 1 is 1.17 bits per heavy atom.